The van der Waals surface area contributed by atoms with Crippen molar-refractivity contribution in [2.75, 3.05) is 11.5 Å². The third kappa shape index (κ3) is 2.52. The summed E-state index contributed by atoms with van der Waals surface area (Å²) >= 11 is 5.41. The lowest BCUT2D eigenvalue weighted by molar-refractivity contribution is 0.352. The second-order valence-electron chi connectivity index (χ2n) is 5.19. The van der Waals surface area contributed by atoms with Crippen LogP contribution in [0.25, 0.3) is 11.4 Å². The van der Waals surface area contributed by atoms with Crippen molar-refractivity contribution in [1.29, 1.82) is 0 Å². The van der Waals surface area contributed by atoms with E-state index in [0.29, 0.717) is 11.7 Å². The number of aromatic nitrogens is 2. The molecule has 1 aliphatic rings. The summed E-state index contributed by atoms with van der Waals surface area (Å²) in [6, 6.07) is 4.24. The maximum absolute atomic E-state index is 6.07. The molecule has 1 fully saturated rings. The molecule has 4 nitrogen and oxygen atoms in total. The van der Waals surface area contributed by atoms with E-state index in [1.807, 2.05) is 11.8 Å². The van der Waals surface area contributed by atoms with E-state index in [1.165, 1.54) is 11.1 Å². The number of rotatable bonds is 2. The Kier molecular flexibility index (Phi) is 3.88. The van der Waals surface area contributed by atoms with E-state index < -0.39 is 0 Å². The molecule has 0 bridgehead atoms. The third-order valence-corrected chi connectivity index (χ3v) is 6.04. The number of hydrogen-bond donors (Lipinski definition) is 1. The number of benzene rings is 1. The van der Waals surface area contributed by atoms with Crippen molar-refractivity contribution >= 4 is 27.7 Å². The van der Waals surface area contributed by atoms with E-state index in [9.17, 15) is 0 Å². The van der Waals surface area contributed by atoms with Gasteiger partial charge in [-0.1, -0.05) is 21.1 Å². The van der Waals surface area contributed by atoms with Crippen LogP contribution in [0.5, 0.6) is 0 Å². The zero-order chi connectivity index (χ0) is 14.3. The summed E-state index contributed by atoms with van der Waals surface area (Å²) in [6.45, 7) is 4.12. The highest BCUT2D eigenvalue weighted by molar-refractivity contribution is 9.10. The smallest absolute Gasteiger partial charge is 0.232 e. The fourth-order valence-electron chi connectivity index (χ4n) is 2.40. The van der Waals surface area contributed by atoms with Gasteiger partial charge in [-0.3, -0.25) is 0 Å². The molecule has 1 saturated heterocycles. The molecule has 1 aromatic heterocycles. The SMILES string of the molecule is Cc1cc(-c2noc(C3CSCC3N)n2)cc(C)c1Br. The normalized spacial score (nSPS) is 22.4. The number of hydrogen-bond acceptors (Lipinski definition) is 5. The van der Waals surface area contributed by atoms with Crippen LogP contribution in [0.4, 0.5) is 0 Å². The fourth-order valence-corrected chi connectivity index (χ4v) is 3.92. The van der Waals surface area contributed by atoms with Crippen molar-refractivity contribution in [2.45, 2.75) is 25.8 Å². The molecule has 2 unspecified atom stereocenters. The number of nitrogens with zero attached hydrogens (tertiary/aromatic N) is 2. The average molecular weight is 354 g/mol. The zero-order valence-corrected chi connectivity index (χ0v) is 13.8. The van der Waals surface area contributed by atoms with Gasteiger partial charge < -0.3 is 10.3 Å². The maximum atomic E-state index is 6.07. The van der Waals surface area contributed by atoms with Gasteiger partial charge in [0.15, 0.2) is 0 Å². The van der Waals surface area contributed by atoms with Crippen LogP contribution in [0.2, 0.25) is 0 Å². The molecule has 0 radical (unpaired) electrons. The Morgan fingerprint density at radius 3 is 2.60 bits per heavy atom. The van der Waals surface area contributed by atoms with E-state index in [1.54, 1.807) is 0 Å². The van der Waals surface area contributed by atoms with E-state index in [4.69, 9.17) is 10.3 Å². The Balaban J connectivity index is 1.94. The van der Waals surface area contributed by atoms with Crippen molar-refractivity contribution < 1.29 is 4.52 Å². The Labute approximate surface area is 130 Å². The third-order valence-electron chi connectivity index (χ3n) is 3.58. The summed E-state index contributed by atoms with van der Waals surface area (Å²) in [5.74, 6) is 3.40. The molecule has 2 atom stereocenters. The van der Waals surface area contributed by atoms with Gasteiger partial charge in [0.25, 0.3) is 0 Å². The summed E-state index contributed by atoms with van der Waals surface area (Å²) in [6.07, 6.45) is 0. The molecule has 1 aromatic carbocycles. The second kappa shape index (κ2) is 5.50. The van der Waals surface area contributed by atoms with Crippen molar-refractivity contribution in [3.05, 3.63) is 33.6 Å². The lowest BCUT2D eigenvalue weighted by atomic mass is 10.0. The van der Waals surface area contributed by atoms with Crippen LogP contribution in [0.3, 0.4) is 0 Å². The number of thioether (sulfide) groups is 1. The summed E-state index contributed by atoms with van der Waals surface area (Å²) < 4.78 is 6.54. The molecular weight excluding hydrogens is 338 g/mol. The fraction of sp³-hybridized carbons (Fsp3) is 0.429. The Morgan fingerprint density at radius 2 is 2.00 bits per heavy atom. The first-order chi connectivity index (χ1) is 9.56. The molecule has 106 valence electrons. The van der Waals surface area contributed by atoms with Crippen LogP contribution in [-0.2, 0) is 0 Å². The standard InChI is InChI=1S/C14H16BrN3OS/c1-7-3-9(4-8(2)12(7)15)13-17-14(19-18-13)10-5-20-6-11(10)16/h3-4,10-11H,5-6,16H2,1-2H3. The minimum atomic E-state index is 0.113. The highest BCUT2D eigenvalue weighted by Crippen LogP contribution is 2.32. The summed E-state index contributed by atoms with van der Waals surface area (Å²) in [5.41, 5.74) is 9.39. The molecule has 1 aliphatic heterocycles. The molecule has 3 rings (SSSR count). The molecule has 20 heavy (non-hydrogen) atoms. The number of halogens is 1. The highest BCUT2D eigenvalue weighted by atomic mass is 79.9. The summed E-state index contributed by atoms with van der Waals surface area (Å²) in [4.78, 5) is 4.54. The van der Waals surface area contributed by atoms with Gasteiger partial charge in [0, 0.05) is 27.6 Å². The van der Waals surface area contributed by atoms with Crippen LogP contribution in [-0.4, -0.2) is 27.7 Å². The van der Waals surface area contributed by atoms with Crippen LogP contribution in [0, 0.1) is 13.8 Å². The molecular formula is C14H16BrN3OS. The van der Waals surface area contributed by atoms with Crippen LogP contribution in [0.1, 0.15) is 22.9 Å². The summed E-state index contributed by atoms with van der Waals surface area (Å²) in [7, 11) is 0. The summed E-state index contributed by atoms with van der Waals surface area (Å²) in [5, 5.41) is 4.11. The Morgan fingerprint density at radius 1 is 1.30 bits per heavy atom. The second-order valence-corrected chi connectivity index (χ2v) is 7.06. The van der Waals surface area contributed by atoms with Gasteiger partial charge in [-0.15, -0.1) is 0 Å². The van der Waals surface area contributed by atoms with Crippen LogP contribution < -0.4 is 5.73 Å². The van der Waals surface area contributed by atoms with Gasteiger partial charge in [0.05, 0.1) is 5.92 Å². The maximum Gasteiger partial charge on any atom is 0.232 e. The van der Waals surface area contributed by atoms with E-state index in [0.717, 1.165) is 21.5 Å². The molecule has 0 saturated carbocycles. The van der Waals surface area contributed by atoms with Crippen molar-refractivity contribution in [3.8, 4) is 11.4 Å². The van der Waals surface area contributed by atoms with Crippen molar-refractivity contribution in [2.24, 2.45) is 5.73 Å². The molecule has 0 spiro atoms. The molecule has 0 aliphatic carbocycles. The minimum absolute atomic E-state index is 0.113. The molecule has 0 amide bonds. The number of aryl methyl sites for hydroxylation is 2. The largest absolute Gasteiger partial charge is 0.339 e. The molecule has 6 heteroatoms. The zero-order valence-electron chi connectivity index (χ0n) is 11.4. The molecule has 2 heterocycles. The first kappa shape index (κ1) is 14.1. The molecule has 2 aromatic rings. The average Bonchev–Trinajstić information content (AvgIpc) is 3.03. The number of nitrogens with two attached hydrogens (primary N) is 1. The van der Waals surface area contributed by atoms with Crippen LogP contribution in [0.15, 0.2) is 21.1 Å². The topological polar surface area (TPSA) is 64.9 Å². The van der Waals surface area contributed by atoms with Gasteiger partial charge in [0.2, 0.25) is 11.7 Å². The van der Waals surface area contributed by atoms with Gasteiger partial charge in [-0.2, -0.15) is 16.7 Å². The van der Waals surface area contributed by atoms with Crippen LogP contribution >= 0.6 is 27.7 Å². The predicted octanol–water partition coefficient (Wildman–Crippen LogP) is 3.27. The lowest BCUT2D eigenvalue weighted by Gasteiger charge is -2.08. The first-order valence-electron chi connectivity index (χ1n) is 6.50. The van der Waals surface area contributed by atoms with Gasteiger partial charge in [0.1, 0.15) is 0 Å². The van der Waals surface area contributed by atoms with E-state index in [2.05, 4.69) is 52.1 Å². The molecule has 2 N–H and O–H groups in total. The van der Waals surface area contributed by atoms with E-state index >= 15 is 0 Å². The van der Waals surface area contributed by atoms with E-state index in [-0.39, 0.29) is 12.0 Å². The lowest BCUT2D eigenvalue weighted by Crippen LogP contribution is -2.26. The van der Waals surface area contributed by atoms with Gasteiger partial charge in [-0.25, -0.2) is 0 Å². The van der Waals surface area contributed by atoms with Gasteiger partial charge in [-0.05, 0) is 37.1 Å². The van der Waals surface area contributed by atoms with Gasteiger partial charge >= 0.3 is 0 Å². The monoisotopic (exact) mass is 353 g/mol. The minimum Gasteiger partial charge on any atom is -0.339 e. The first-order valence-corrected chi connectivity index (χ1v) is 8.45. The predicted molar refractivity (Wildman–Crippen MR) is 84.9 cm³/mol. The highest BCUT2D eigenvalue weighted by Gasteiger charge is 2.31. The Bertz CT molecular complexity index is 620. The quantitative estimate of drug-likeness (QED) is 0.897. The van der Waals surface area contributed by atoms with Crippen molar-refractivity contribution in [3.63, 3.8) is 0 Å². The van der Waals surface area contributed by atoms with Crippen molar-refractivity contribution in [1.82, 2.24) is 10.1 Å². The Hall–Kier alpha value is -0.850.